The van der Waals surface area contributed by atoms with E-state index in [-0.39, 0.29) is 11.3 Å². The molecule has 0 radical (unpaired) electrons. The number of hydrogen-bond acceptors (Lipinski definition) is 5. The molecule has 0 aliphatic heterocycles. The third kappa shape index (κ3) is 4.57. The molecule has 138 valence electrons. The van der Waals surface area contributed by atoms with Crippen LogP contribution < -0.4 is 5.32 Å². The Hall–Kier alpha value is -2.95. The van der Waals surface area contributed by atoms with Crippen LogP contribution >= 0.6 is 0 Å². The fourth-order valence-electron chi connectivity index (χ4n) is 1.98. The number of nitro groups is 1. The first kappa shape index (κ1) is 19.4. The lowest BCUT2D eigenvalue weighted by atomic mass is 10.1. The van der Waals surface area contributed by atoms with Crippen LogP contribution in [0.5, 0.6) is 0 Å². The van der Waals surface area contributed by atoms with Gasteiger partial charge in [0.15, 0.2) is 9.84 Å². The van der Waals surface area contributed by atoms with E-state index < -0.39 is 43.0 Å². The molecule has 1 N–H and O–H groups in total. The van der Waals surface area contributed by atoms with Gasteiger partial charge in [-0.25, -0.2) is 8.42 Å². The van der Waals surface area contributed by atoms with Crippen molar-refractivity contribution in [2.75, 3.05) is 11.6 Å². The predicted molar refractivity (Wildman–Crippen MR) is 85.6 cm³/mol. The van der Waals surface area contributed by atoms with E-state index in [9.17, 15) is 36.5 Å². The van der Waals surface area contributed by atoms with Crippen molar-refractivity contribution in [2.45, 2.75) is 11.1 Å². The quantitative estimate of drug-likeness (QED) is 0.639. The maximum atomic E-state index is 12.5. The lowest BCUT2D eigenvalue weighted by Crippen LogP contribution is -2.14. The van der Waals surface area contributed by atoms with Crippen LogP contribution in [-0.4, -0.2) is 25.5 Å². The zero-order valence-electron chi connectivity index (χ0n) is 13.1. The average Bonchev–Trinajstić information content (AvgIpc) is 2.53. The molecule has 0 atom stereocenters. The summed E-state index contributed by atoms with van der Waals surface area (Å²) in [7, 11) is -3.82. The zero-order chi connectivity index (χ0) is 19.7. The number of benzene rings is 2. The number of amides is 1. The highest BCUT2D eigenvalue weighted by Crippen LogP contribution is 2.30. The van der Waals surface area contributed by atoms with Gasteiger partial charge in [0.2, 0.25) is 0 Å². The van der Waals surface area contributed by atoms with Crippen LogP contribution in [0.25, 0.3) is 0 Å². The van der Waals surface area contributed by atoms with Gasteiger partial charge in [0.1, 0.15) is 0 Å². The molecule has 0 unspecified atom stereocenters. The second-order valence-corrected chi connectivity index (χ2v) is 7.29. The minimum atomic E-state index is -4.53. The van der Waals surface area contributed by atoms with E-state index in [1.165, 1.54) is 0 Å². The fourth-order valence-corrected chi connectivity index (χ4v) is 2.66. The van der Waals surface area contributed by atoms with Gasteiger partial charge in [0, 0.05) is 29.6 Å². The molecule has 0 bridgehead atoms. The molecule has 0 spiro atoms. The van der Waals surface area contributed by atoms with Crippen molar-refractivity contribution in [3.63, 3.8) is 0 Å². The number of anilines is 1. The molecule has 0 saturated heterocycles. The summed E-state index contributed by atoms with van der Waals surface area (Å²) in [5.41, 5.74) is -1.83. The number of alkyl halides is 3. The van der Waals surface area contributed by atoms with Gasteiger partial charge in [-0.2, -0.15) is 13.2 Å². The van der Waals surface area contributed by atoms with Gasteiger partial charge < -0.3 is 5.32 Å². The van der Waals surface area contributed by atoms with Gasteiger partial charge in [-0.3, -0.25) is 14.9 Å². The number of nitro benzene ring substituents is 1. The monoisotopic (exact) mass is 388 g/mol. The highest BCUT2D eigenvalue weighted by atomic mass is 32.2. The fraction of sp³-hybridized carbons (Fsp3) is 0.133. The number of non-ortho nitro benzene ring substituents is 1. The lowest BCUT2D eigenvalue weighted by Gasteiger charge is -2.09. The second-order valence-electron chi connectivity index (χ2n) is 5.27. The number of nitrogens with zero attached hydrogens (tertiary/aromatic N) is 1. The van der Waals surface area contributed by atoms with Crippen LogP contribution in [0.2, 0.25) is 0 Å². The summed E-state index contributed by atoms with van der Waals surface area (Å²) in [5, 5.41) is 13.2. The molecule has 0 heterocycles. The molecule has 26 heavy (non-hydrogen) atoms. The maximum Gasteiger partial charge on any atom is 0.416 e. The number of halogens is 3. The number of carbonyl (C=O) groups excluding carboxylic acids is 1. The van der Waals surface area contributed by atoms with E-state index in [0.29, 0.717) is 0 Å². The minimum Gasteiger partial charge on any atom is -0.322 e. The third-order valence-electron chi connectivity index (χ3n) is 3.26. The van der Waals surface area contributed by atoms with E-state index in [4.69, 9.17) is 0 Å². The Labute approximate surface area is 145 Å². The van der Waals surface area contributed by atoms with Crippen molar-refractivity contribution < 1.29 is 31.3 Å². The van der Waals surface area contributed by atoms with Crippen molar-refractivity contribution >= 4 is 27.1 Å². The molecule has 0 aromatic heterocycles. The number of hydrogen-bond donors (Lipinski definition) is 1. The Morgan fingerprint density at radius 1 is 1.12 bits per heavy atom. The van der Waals surface area contributed by atoms with Crippen LogP contribution in [0.15, 0.2) is 47.4 Å². The number of sulfone groups is 1. The second kappa shape index (κ2) is 6.75. The summed E-state index contributed by atoms with van der Waals surface area (Å²) in [6.45, 7) is 0. The summed E-state index contributed by atoms with van der Waals surface area (Å²) >= 11 is 0. The third-order valence-corrected chi connectivity index (χ3v) is 4.35. The van der Waals surface area contributed by atoms with Crippen LogP contribution in [0.3, 0.4) is 0 Å². The SMILES string of the molecule is CS(=O)(=O)c1cc(C(=O)Nc2ccc(C(F)(F)F)cc2)cc([N+](=O)[O-])c1. The summed E-state index contributed by atoms with van der Waals surface area (Å²) in [6, 6.07) is 6.15. The van der Waals surface area contributed by atoms with Crippen LogP contribution in [0, 0.1) is 10.1 Å². The highest BCUT2D eigenvalue weighted by Gasteiger charge is 2.30. The minimum absolute atomic E-state index is 0.00964. The molecule has 2 aromatic carbocycles. The van der Waals surface area contributed by atoms with Crippen molar-refractivity contribution in [1.29, 1.82) is 0 Å². The molecule has 2 aromatic rings. The van der Waals surface area contributed by atoms with E-state index in [1.807, 2.05) is 0 Å². The zero-order valence-corrected chi connectivity index (χ0v) is 13.9. The number of carbonyl (C=O) groups is 1. The topological polar surface area (TPSA) is 106 Å². The Bertz CT molecular complexity index is 970. The van der Waals surface area contributed by atoms with Gasteiger partial charge in [0.05, 0.1) is 15.4 Å². The Kier molecular flexibility index (Phi) is 5.03. The van der Waals surface area contributed by atoms with Gasteiger partial charge in [0.25, 0.3) is 11.6 Å². The van der Waals surface area contributed by atoms with E-state index in [1.54, 1.807) is 0 Å². The molecule has 1 amide bonds. The van der Waals surface area contributed by atoms with E-state index >= 15 is 0 Å². The Morgan fingerprint density at radius 3 is 2.15 bits per heavy atom. The van der Waals surface area contributed by atoms with Crippen LogP contribution in [-0.2, 0) is 16.0 Å². The molecule has 7 nitrogen and oxygen atoms in total. The first-order chi connectivity index (χ1) is 11.9. The van der Waals surface area contributed by atoms with Crippen molar-refractivity contribution in [2.24, 2.45) is 0 Å². The van der Waals surface area contributed by atoms with Gasteiger partial charge in [-0.15, -0.1) is 0 Å². The molecule has 11 heteroatoms. The summed E-state index contributed by atoms with van der Waals surface area (Å²) < 4.78 is 60.8. The van der Waals surface area contributed by atoms with E-state index in [0.717, 1.165) is 48.7 Å². The van der Waals surface area contributed by atoms with Crippen molar-refractivity contribution in [3.05, 3.63) is 63.7 Å². The maximum absolute atomic E-state index is 12.5. The molecule has 0 aliphatic carbocycles. The Morgan fingerprint density at radius 2 is 1.69 bits per heavy atom. The first-order valence-corrected chi connectivity index (χ1v) is 8.75. The molecule has 0 fully saturated rings. The lowest BCUT2D eigenvalue weighted by molar-refractivity contribution is -0.385. The largest absolute Gasteiger partial charge is 0.416 e. The van der Waals surface area contributed by atoms with E-state index in [2.05, 4.69) is 5.32 Å². The molecule has 0 aliphatic rings. The standard InChI is InChI=1S/C15H11F3N2O5S/c1-26(24,25)13-7-9(6-12(8-13)20(22)23)14(21)19-11-4-2-10(3-5-11)15(16,17)18/h2-8H,1H3,(H,19,21). The molecule has 0 saturated carbocycles. The van der Waals surface area contributed by atoms with Crippen molar-refractivity contribution in [1.82, 2.24) is 0 Å². The Balaban J connectivity index is 2.34. The van der Waals surface area contributed by atoms with Gasteiger partial charge in [-0.05, 0) is 30.3 Å². The normalized spacial score (nSPS) is 11.8. The summed E-state index contributed by atoms with van der Waals surface area (Å²) in [4.78, 5) is 21.8. The predicted octanol–water partition coefficient (Wildman–Crippen LogP) is 3.27. The summed E-state index contributed by atoms with van der Waals surface area (Å²) in [5.74, 6) is -0.904. The average molecular weight is 388 g/mol. The molecule has 2 rings (SSSR count). The molecular weight excluding hydrogens is 377 g/mol. The number of rotatable bonds is 4. The van der Waals surface area contributed by atoms with Crippen LogP contribution in [0.4, 0.5) is 24.5 Å². The van der Waals surface area contributed by atoms with Crippen LogP contribution in [0.1, 0.15) is 15.9 Å². The summed E-state index contributed by atoms with van der Waals surface area (Å²) in [6.07, 6.45) is -3.71. The van der Waals surface area contributed by atoms with Gasteiger partial charge in [-0.1, -0.05) is 0 Å². The molecular formula is C15H11F3N2O5S. The smallest absolute Gasteiger partial charge is 0.322 e. The van der Waals surface area contributed by atoms with Gasteiger partial charge >= 0.3 is 6.18 Å². The number of nitrogens with one attached hydrogen (secondary N) is 1. The first-order valence-electron chi connectivity index (χ1n) is 6.86. The van der Waals surface area contributed by atoms with Crippen molar-refractivity contribution in [3.8, 4) is 0 Å². The highest BCUT2D eigenvalue weighted by molar-refractivity contribution is 7.90.